The molecule has 1 atom stereocenters. The second-order valence-electron chi connectivity index (χ2n) is 9.39. The number of pyridine rings is 1. The minimum Gasteiger partial charge on any atom is -0.454 e. The van der Waals surface area contributed by atoms with Gasteiger partial charge in [0.05, 0.1) is 11.6 Å². The zero-order chi connectivity index (χ0) is 21.7. The zero-order valence-corrected chi connectivity index (χ0v) is 18.3. The van der Waals surface area contributed by atoms with Crippen molar-refractivity contribution in [1.29, 1.82) is 0 Å². The Morgan fingerprint density at radius 1 is 1.06 bits per heavy atom. The van der Waals surface area contributed by atoms with Crippen molar-refractivity contribution in [2.24, 2.45) is 5.92 Å². The first-order valence-corrected chi connectivity index (χ1v) is 11.7. The molecule has 2 aliphatic heterocycles. The van der Waals surface area contributed by atoms with Crippen molar-refractivity contribution in [1.82, 2.24) is 30.1 Å². The first-order valence-electron chi connectivity index (χ1n) is 11.7. The van der Waals surface area contributed by atoms with E-state index in [1.165, 1.54) is 12.8 Å². The number of nitrogens with zero attached hydrogens (tertiary/aromatic N) is 5. The molecule has 0 bridgehead atoms. The number of rotatable bonds is 4. The predicted octanol–water partition coefficient (Wildman–Crippen LogP) is 3.18. The van der Waals surface area contributed by atoms with Crippen molar-refractivity contribution >= 4 is 10.9 Å². The molecule has 168 valence electrons. The first-order chi connectivity index (χ1) is 15.7. The number of fused-ring (bicyclic) bond motifs is 2. The second kappa shape index (κ2) is 7.88. The highest BCUT2D eigenvalue weighted by atomic mass is 16.7. The standard InChI is InChI=1S/C23H28N6O3/c1-14-6-8-28(9-7-14)21(22-25-26-27-29(22)16-4-2-3-5-16)17-10-15-11-19-20(32-13-31-19)12-18(15)24-23(17)30/h10-12,14,16,21H,2-9,13H2,1H3,(H,24,30)/t21-/m0/s1. The van der Waals surface area contributed by atoms with E-state index in [1.807, 2.05) is 22.9 Å². The van der Waals surface area contributed by atoms with Crippen LogP contribution in [0.1, 0.15) is 68.9 Å². The van der Waals surface area contributed by atoms with Crippen LogP contribution in [0, 0.1) is 5.92 Å². The van der Waals surface area contributed by atoms with E-state index in [4.69, 9.17) is 9.47 Å². The lowest BCUT2D eigenvalue weighted by Gasteiger charge is -2.36. The van der Waals surface area contributed by atoms with Crippen LogP contribution in [0.2, 0.25) is 0 Å². The summed E-state index contributed by atoms with van der Waals surface area (Å²) in [5.41, 5.74) is 1.31. The van der Waals surface area contributed by atoms with Gasteiger partial charge in [-0.15, -0.1) is 5.10 Å². The maximum absolute atomic E-state index is 13.4. The van der Waals surface area contributed by atoms with Gasteiger partial charge >= 0.3 is 0 Å². The highest BCUT2D eigenvalue weighted by molar-refractivity contribution is 5.83. The summed E-state index contributed by atoms with van der Waals surface area (Å²) in [5, 5.41) is 13.8. The van der Waals surface area contributed by atoms with Crippen LogP contribution in [0.4, 0.5) is 0 Å². The number of piperidine rings is 1. The smallest absolute Gasteiger partial charge is 0.253 e. The summed E-state index contributed by atoms with van der Waals surface area (Å²) in [6, 6.07) is 5.78. The molecule has 9 nitrogen and oxygen atoms in total. The molecule has 1 N–H and O–H groups in total. The molecular weight excluding hydrogens is 408 g/mol. The summed E-state index contributed by atoms with van der Waals surface area (Å²) >= 11 is 0. The fourth-order valence-electron chi connectivity index (χ4n) is 5.39. The normalized spacial score (nSPS) is 20.9. The lowest BCUT2D eigenvalue weighted by molar-refractivity contribution is 0.147. The van der Waals surface area contributed by atoms with Gasteiger partial charge in [0.15, 0.2) is 17.3 Å². The maximum atomic E-state index is 13.4. The fourth-order valence-corrected chi connectivity index (χ4v) is 5.39. The van der Waals surface area contributed by atoms with Gasteiger partial charge in [-0.05, 0) is 67.3 Å². The predicted molar refractivity (Wildman–Crippen MR) is 118 cm³/mol. The number of likely N-dealkylation sites (tertiary alicyclic amines) is 1. The highest BCUT2D eigenvalue weighted by Gasteiger charge is 2.34. The highest BCUT2D eigenvalue weighted by Crippen LogP contribution is 2.38. The quantitative estimate of drug-likeness (QED) is 0.671. The molecule has 1 aliphatic carbocycles. The number of aromatic amines is 1. The summed E-state index contributed by atoms with van der Waals surface area (Å²) < 4.78 is 13.0. The van der Waals surface area contributed by atoms with Gasteiger partial charge in [-0.1, -0.05) is 19.8 Å². The van der Waals surface area contributed by atoms with E-state index < -0.39 is 0 Å². The zero-order valence-electron chi connectivity index (χ0n) is 18.3. The molecule has 0 amide bonds. The topological polar surface area (TPSA) is 98.2 Å². The first kappa shape index (κ1) is 19.7. The van der Waals surface area contributed by atoms with E-state index in [1.54, 1.807) is 0 Å². The van der Waals surface area contributed by atoms with Gasteiger partial charge in [-0.2, -0.15) is 0 Å². The molecule has 4 heterocycles. The van der Waals surface area contributed by atoms with Gasteiger partial charge in [0.25, 0.3) is 5.56 Å². The van der Waals surface area contributed by atoms with Crippen molar-refractivity contribution < 1.29 is 9.47 Å². The number of benzene rings is 1. The van der Waals surface area contributed by atoms with Crippen LogP contribution in [-0.4, -0.2) is 50.0 Å². The molecule has 3 aliphatic rings. The van der Waals surface area contributed by atoms with Crippen molar-refractivity contribution in [2.45, 2.75) is 57.5 Å². The Labute approximate surface area is 185 Å². The van der Waals surface area contributed by atoms with Gasteiger partial charge < -0.3 is 14.5 Å². The van der Waals surface area contributed by atoms with E-state index in [9.17, 15) is 4.79 Å². The molecule has 0 unspecified atom stereocenters. The third-order valence-corrected chi connectivity index (χ3v) is 7.28. The summed E-state index contributed by atoms with van der Waals surface area (Å²) in [5.74, 6) is 2.83. The monoisotopic (exact) mass is 436 g/mol. The summed E-state index contributed by atoms with van der Waals surface area (Å²) in [6.45, 7) is 4.33. The summed E-state index contributed by atoms with van der Waals surface area (Å²) in [6.07, 6.45) is 6.76. The largest absolute Gasteiger partial charge is 0.454 e. The number of hydrogen-bond acceptors (Lipinski definition) is 7. The van der Waals surface area contributed by atoms with Gasteiger partial charge in [0.2, 0.25) is 6.79 Å². The lowest BCUT2D eigenvalue weighted by Crippen LogP contribution is -2.40. The molecule has 32 heavy (non-hydrogen) atoms. The number of nitrogens with one attached hydrogen (secondary N) is 1. The number of ether oxygens (including phenoxy) is 2. The Morgan fingerprint density at radius 3 is 2.59 bits per heavy atom. The molecule has 0 radical (unpaired) electrons. The minimum absolute atomic E-state index is 0.110. The van der Waals surface area contributed by atoms with Gasteiger partial charge in [0.1, 0.15) is 6.04 Å². The molecule has 2 fully saturated rings. The van der Waals surface area contributed by atoms with Crippen LogP contribution in [0.15, 0.2) is 23.0 Å². The Morgan fingerprint density at radius 2 is 1.81 bits per heavy atom. The number of aromatic nitrogens is 5. The number of H-pyrrole nitrogens is 1. The van der Waals surface area contributed by atoms with Gasteiger partial charge in [0, 0.05) is 17.0 Å². The van der Waals surface area contributed by atoms with Crippen molar-refractivity contribution in [2.75, 3.05) is 19.9 Å². The molecule has 0 spiro atoms. The van der Waals surface area contributed by atoms with Gasteiger partial charge in [-0.3, -0.25) is 9.69 Å². The molecule has 1 saturated carbocycles. The SMILES string of the molecule is CC1CCN([C@@H](c2cc3cc4c(cc3[nH]c2=O)OCO4)c2nnnn2C2CCCC2)CC1. The van der Waals surface area contributed by atoms with Crippen molar-refractivity contribution in [3.05, 3.63) is 39.9 Å². The van der Waals surface area contributed by atoms with E-state index in [0.29, 0.717) is 29.0 Å². The van der Waals surface area contributed by atoms with Gasteiger partial charge in [-0.25, -0.2) is 4.68 Å². The maximum Gasteiger partial charge on any atom is 0.253 e. The fraction of sp³-hybridized carbons (Fsp3) is 0.565. The van der Waals surface area contributed by atoms with Crippen molar-refractivity contribution in [3.63, 3.8) is 0 Å². The molecule has 1 aromatic carbocycles. The molecule has 6 rings (SSSR count). The molecule has 3 aromatic rings. The van der Waals surface area contributed by atoms with E-state index in [-0.39, 0.29) is 18.4 Å². The third kappa shape index (κ3) is 3.35. The Kier molecular flexibility index (Phi) is 4.86. The molecule has 9 heteroatoms. The van der Waals surface area contributed by atoms with Crippen LogP contribution < -0.4 is 15.0 Å². The average molecular weight is 437 g/mol. The van der Waals surface area contributed by atoms with Crippen LogP contribution in [0.3, 0.4) is 0 Å². The Balaban J connectivity index is 1.48. The van der Waals surface area contributed by atoms with Crippen molar-refractivity contribution in [3.8, 4) is 11.5 Å². The van der Waals surface area contributed by atoms with E-state index in [2.05, 4.69) is 32.3 Å². The van der Waals surface area contributed by atoms with Crippen LogP contribution >= 0.6 is 0 Å². The number of tetrazole rings is 1. The van der Waals surface area contributed by atoms with E-state index >= 15 is 0 Å². The minimum atomic E-state index is -0.281. The van der Waals surface area contributed by atoms with Crippen LogP contribution in [0.5, 0.6) is 11.5 Å². The van der Waals surface area contributed by atoms with Crippen LogP contribution in [0.25, 0.3) is 10.9 Å². The third-order valence-electron chi connectivity index (χ3n) is 7.28. The van der Waals surface area contributed by atoms with Crippen LogP contribution in [-0.2, 0) is 0 Å². The molecule has 2 aromatic heterocycles. The Hall–Kier alpha value is -2.94. The molecular formula is C23H28N6O3. The molecule has 1 saturated heterocycles. The summed E-state index contributed by atoms with van der Waals surface area (Å²) in [7, 11) is 0. The second-order valence-corrected chi connectivity index (χ2v) is 9.39. The summed E-state index contributed by atoms with van der Waals surface area (Å²) in [4.78, 5) is 18.8. The Bertz CT molecular complexity index is 1190. The average Bonchev–Trinajstić information content (AvgIpc) is 3.55. The lowest BCUT2D eigenvalue weighted by atomic mass is 9.95. The number of hydrogen-bond donors (Lipinski definition) is 1. The van der Waals surface area contributed by atoms with E-state index in [0.717, 1.165) is 55.5 Å².